The van der Waals surface area contributed by atoms with Gasteiger partial charge >= 0.3 is 0 Å². The highest BCUT2D eigenvalue weighted by Crippen LogP contribution is 2.25. The SMILES string of the molecule is CCC(=O)C1CCc2[nH]c(=O)c(C#N)cc2C1=O. The molecule has 92 valence electrons. The van der Waals surface area contributed by atoms with Crippen molar-refractivity contribution in [2.24, 2.45) is 5.92 Å². The van der Waals surface area contributed by atoms with Crippen molar-refractivity contribution in [3.8, 4) is 6.07 Å². The average Bonchev–Trinajstić information content (AvgIpc) is 2.38. The minimum absolute atomic E-state index is 0.0876. The van der Waals surface area contributed by atoms with Crippen molar-refractivity contribution < 1.29 is 9.59 Å². The number of nitrogens with one attached hydrogen (secondary N) is 1. The zero-order chi connectivity index (χ0) is 13.3. The summed E-state index contributed by atoms with van der Waals surface area (Å²) in [7, 11) is 0. The zero-order valence-electron chi connectivity index (χ0n) is 9.95. The summed E-state index contributed by atoms with van der Waals surface area (Å²) in [5.74, 6) is -0.994. The Bertz CT molecular complexity index is 622. The molecular formula is C13H12N2O3. The van der Waals surface area contributed by atoms with E-state index in [2.05, 4.69) is 4.98 Å². The van der Waals surface area contributed by atoms with E-state index >= 15 is 0 Å². The Kier molecular flexibility index (Phi) is 3.11. The molecule has 0 spiro atoms. The van der Waals surface area contributed by atoms with Crippen LogP contribution in [-0.2, 0) is 11.2 Å². The van der Waals surface area contributed by atoms with Gasteiger partial charge in [0.25, 0.3) is 5.56 Å². The van der Waals surface area contributed by atoms with Crippen molar-refractivity contribution in [1.29, 1.82) is 5.26 Å². The maximum absolute atomic E-state index is 12.1. The molecule has 0 bridgehead atoms. The highest BCUT2D eigenvalue weighted by molar-refractivity contribution is 6.12. The minimum atomic E-state index is -0.625. The third kappa shape index (κ3) is 1.86. The average molecular weight is 244 g/mol. The molecule has 0 radical (unpaired) electrons. The van der Waals surface area contributed by atoms with Gasteiger partial charge in [0.2, 0.25) is 0 Å². The van der Waals surface area contributed by atoms with Gasteiger partial charge in [-0.2, -0.15) is 5.26 Å². The number of aromatic nitrogens is 1. The third-order valence-corrected chi connectivity index (χ3v) is 3.25. The van der Waals surface area contributed by atoms with E-state index in [0.717, 1.165) is 0 Å². The highest BCUT2D eigenvalue weighted by Gasteiger charge is 2.32. The van der Waals surface area contributed by atoms with E-state index in [1.807, 2.05) is 0 Å². The molecule has 0 aromatic carbocycles. The van der Waals surface area contributed by atoms with Gasteiger partial charge in [-0.05, 0) is 18.9 Å². The Labute approximate surface area is 103 Å². The van der Waals surface area contributed by atoms with Crippen LogP contribution in [0.2, 0.25) is 0 Å². The molecule has 0 saturated heterocycles. The second-order valence-electron chi connectivity index (χ2n) is 4.29. The molecule has 1 aliphatic carbocycles. The summed E-state index contributed by atoms with van der Waals surface area (Å²) >= 11 is 0. The van der Waals surface area contributed by atoms with Crippen LogP contribution in [0.4, 0.5) is 0 Å². The predicted octanol–water partition coefficient (Wildman–Crippen LogP) is 0.971. The van der Waals surface area contributed by atoms with Crippen molar-refractivity contribution in [3.63, 3.8) is 0 Å². The number of fused-ring (bicyclic) bond motifs is 1. The highest BCUT2D eigenvalue weighted by atomic mass is 16.2. The molecule has 5 heteroatoms. The third-order valence-electron chi connectivity index (χ3n) is 3.25. The lowest BCUT2D eigenvalue weighted by atomic mass is 9.82. The molecule has 1 N–H and O–H groups in total. The second-order valence-corrected chi connectivity index (χ2v) is 4.29. The molecule has 1 heterocycles. The van der Waals surface area contributed by atoms with E-state index in [0.29, 0.717) is 30.5 Å². The fraction of sp³-hybridized carbons (Fsp3) is 0.385. The molecule has 0 fully saturated rings. The van der Waals surface area contributed by atoms with Crippen LogP contribution in [0.25, 0.3) is 0 Å². The molecule has 18 heavy (non-hydrogen) atoms. The molecule has 0 saturated carbocycles. The van der Waals surface area contributed by atoms with Crippen molar-refractivity contribution in [3.05, 3.63) is 33.2 Å². The molecule has 1 atom stereocenters. The van der Waals surface area contributed by atoms with Crippen LogP contribution in [0.1, 0.15) is 41.4 Å². The number of aryl methyl sites for hydroxylation is 1. The standard InChI is InChI=1S/C13H12N2O3/c1-2-11(16)8-3-4-10-9(12(8)17)5-7(6-14)13(18)15-10/h5,8H,2-4H2,1H3,(H,15,18). The van der Waals surface area contributed by atoms with E-state index in [9.17, 15) is 14.4 Å². The van der Waals surface area contributed by atoms with Crippen molar-refractivity contribution in [1.82, 2.24) is 4.98 Å². The molecule has 1 aromatic rings. The summed E-state index contributed by atoms with van der Waals surface area (Å²) in [6.45, 7) is 1.72. The molecule has 5 nitrogen and oxygen atoms in total. The number of ketones is 2. The number of Topliss-reactive ketones (excluding diaryl/α,β-unsaturated/α-hetero) is 2. The van der Waals surface area contributed by atoms with E-state index in [1.54, 1.807) is 13.0 Å². The van der Waals surface area contributed by atoms with Gasteiger partial charge in [-0.1, -0.05) is 6.92 Å². The first-order valence-corrected chi connectivity index (χ1v) is 5.81. The Morgan fingerprint density at radius 2 is 2.28 bits per heavy atom. The fourth-order valence-corrected chi connectivity index (χ4v) is 2.23. The van der Waals surface area contributed by atoms with Crippen molar-refractivity contribution >= 4 is 11.6 Å². The zero-order valence-corrected chi connectivity index (χ0v) is 9.95. The molecule has 1 aliphatic rings. The largest absolute Gasteiger partial charge is 0.324 e. The number of pyridine rings is 1. The number of carbonyl (C=O) groups is 2. The summed E-state index contributed by atoms with van der Waals surface area (Å²) in [5.41, 5.74) is 0.268. The maximum Gasteiger partial charge on any atom is 0.266 e. The van der Waals surface area contributed by atoms with Crippen LogP contribution in [-0.4, -0.2) is 16.6 Å². The monoisotopic (exact) mass is 244 g/mol. The van der Waals surface area contributed by atoms with E-state index in [4.69, 9.17) is 5.26 Å². The van der Waals surface area contributed by atoms with Crippen LogP contribution in [0, 0.1) is 17.2 Å². The van der Waals surface area contributed by atoms with Gasteiger partial charge in [-0.15, -0.1) is 0 Å². The van der Waals surface area contributed by atoms with E-state index in [1.165, 1.54) is 6.07 Å². The number of H-pyrrole nitrogens is 1. The maximum atomic E-state index is 12.1. The van der Waals surface area contributed by atoms with Crippen LogP contribution >= 0.6 is 0 Å². The summed E-state index contributed by atoms with van der Waals surface area (Å²) in [4.78, 5) is 37.8. The fourth-order valence-electron chi connectivity index (χ4n) is 2.23. The summed E-state index contributed by atoms with van der Waals surface area (Å²) in [6.07, 6.45) is 1.24. The number of nitrogens with zero attached hydrogens (tertiary/aromatic N) is 1. The lowest BCUT2D eigenvalue weighted by molar-refractivity contribution is -0.121. The number of hydrogen-bond donors (Lipinski definition) is 1. The summed E-state index contributed by atoms with van der Waals surface area (Å²) < 4.78 is 0. The number of aromatic amines is 1. The molecule has 0 amide bonds. The molecule has 2 rings (SSSR count). The summed E-state index contributed by atoms with van der Waals surface area (Å²) in [6, 6.07) is 3.04. The van der Waals surface area contributed by atoms with Gasteiger partial charge in [0.15, 0.2) is 5.78 Å². The van der Waals surface area contributed by atoms with Crippen LogP contribution in [0.5, 0.6) is 0 Å². The van der Waals surface area contributed by atoms with E-state index < -0.39 is 11.5 Å². The minimum Gasteiger partial charge on any atom is -0.324 e. The number of rotatable bonds is 2. The molecule has 0 aliphatic heterocycles. The normalized spacial score (nSPS) is 18.0. The lowest BCUT2D eigenvalue weighted by Crippen LogP contribution is -2.31. The number of hydrogen-bond acceptors (Lipinski definition) is 4. The second kappa shape index (κ2) is 4.57. The van der Waals surface area contributed by atoms with Crippen LogP contribution < -0.4 is 5.56 Å². The van der Waals surface area contributed by atoms with Gasteiger partial charge < -0.3 is 4.98 Å². The molecular weight excluding hydrogens is 232 g/mol. The number of carbonyl (C=O) groups excluding carboxylic acids is 2. The van der Waals surface area contributed by atoms with E-state index in [-0.39, 0.29) is 17.1 Å². The Hall–Kier alpha value is -2.22. The van der Waals surface area contributed by atoms with Gasteiger partial charge in [0.1, 0.15) is 17.4 Å². The Morgan fingerprint density at radius 3 is 2.89 bits per heavy atom. The quantitative estimate of drug-likeness (QED) is 0.785. The lowest BCUT2D eigenvalue weighted by Gasteiger charge is -2.21. The van der Waals surface area contributed by atoms with Crippen molar-refractivity contribution in [2.45, 2.75) is 26.2 Å². The van der Waals surface area contributed by atoms with Gasteiger partial charge in [-0.25, -0.2) is 0 Å². The van der Waals surface area contributed by atoms with Gasteiger partial charge in [0.05, 0.1) is 5.92 Å². The Balaban J connectivity index is 2.50. The number of nitriles is 1. The Morgan fingerprint density at radius 1 is 1.56 bits per heavy atom. The topological polar surface area (TPSA) is 90.8 Å². The first-order chi connectivity index (χ1) is 8.58. The first-order valence-electron chi connectivity index (χ1n) is 5.81. The smallest absolute Gasteiger partial charge is 0.266 e. The van der Waals surface area contributed by atoms with Crippen LogP contribution in [0.15, 0.2) is 10.9 Å². The van der Waals surface area contributed by atoms with Gasteiger partial charge in [-0.3, -0.25) is 14.4 Å². The van der Waals surface area contributed by atoms with Crippen LogP contribution in [0.3, 0.4) is 0 Å². The summed E-state index contributed by atoms with van der Waals surface area (Å²) in [5, 5.41) is 8.78. The first kappa shape index (κ1) is 12.2. The molecule has 1 aromatic heterocycles. The van der Waals surface area contributed by atoms with Gasteiger partial charge in [0, 0.05) is 17.7 Å². The molecule has 1 unspecified atom stereocenters. The van der Waals surface area contributed by atoms with Crippen molar-refractivity contribution in [2.75, 3.05) is 0 Å². The predicted molar refractivity (Wildman–Crippen MR) is 63.2 cm³/mol.